The molecule has 0 bridgehead atoms. The number of sulfone groups is 1. The maximum atomic E-state index is 11.2. The summed E-state index contributed by atoms with van der Waals surface area (Å²) >= 11 is 1.80. The lowest BCUT2D eigenvalue weighted by Gasteiger charge is -2.04. The molecule has 0 atom stereocenters. The zero-order chi connectivity index (χ0) is 12.0. The van der Waals surface area contributed by atoms with E-state index in [4.69, 9.17) is 0 Å². The Morgan fingerprint density at radius 3 is 2.38 bits per heavy atom. The van der Waals surface area contributed by atoms with Crippen molar-refractivity contribution in [3.63, 3.8) is 0 Å². The standard InChI is InChI=1S/C11H17NO2S2/c1-15-8-7-12-9-10-3-5-11(6-4-10)16(2,13)14/h3-6,12H,7-9H2,1-2H3. The number of hydrogen-bond acceptors (Lipinski definition) is 4. The molecule has 1 aromatic carbocycles. The van der Waals surface area contributed by atoms with Crippen molar-refractivity contribution in [1.82, 2.24) is 5.32 Å². The van der Waals surface area contributed by atoms with Gasteiger partial charge in [0.15, 0.2) is 9.84 Å². The number of hydrogen-bond donors (Lipinski definition) is 1. The van der Waals surface area contributed by atoms with E-state index in [1.807, 2.05) is 12.1 Å². The second-order valence-electron chi connectivity index (χ2n) is 3.59. The Labute approximate surface area is 102 Å². The van der Waals surface area contributed by atoms with Crippen LogP contribution < -0.4 is 5.32 Å². The monoisotopic (exact) mass is 259 g/mol. The summed E-state index contributed by atoms with van der Waals surface area (Å²) in [5.74, 6) is 1.08. The first kappa shape index (κ1) is 13.5. The molecule has 0 saturated carbocycles. The molecular weight excluding hydrogens is 242 g/mol. The first-order valence-electron chi connectivity index (χ1n) is 5.02. The molecule has 0 aliphatic carbocycles. The van der Waals surface area contributed by atoms with Crippen LogP contribution in [0.2, 0.25) is 0 Å². The van der Waals surface area contributed by atoms with Crippen LogP contribution in [0, 0.1) is 0 Å². The molecule has 0 fully saturated rings. The van der Waals surface area contributed by atoms with E-state index in [2.05, 4.69) is 11.6 Å². The minimum Gasteiger partial charge on any atom is -0.312 e. The van der Waals surface area contributed by atoms with Gasteiger partial charge >= 0.3 is 0 Å². The van der Waals surface area contributed by atoms with Gasteiger partial charge in [0.2, 0.25) is 0 Å². The lowest BCUT2D eigenvalue weighted by molar-refractivity contribution is 0.602. The Balaban J connectivity index is 2.52. The molecule has 0 aliphatic rings. The molecule has 90 valence electrons. The predicted molar refractivity (Wildman–Crippen MR) is 69.6 cm³/mol. The van der Waals surface area contributed by atoms with E-state index in [0.717, 1.165) is 24.4 Å². The third kappa shape index (κ3) is 4.55. The maximum absolute atomic E-state index is 11.2. The third-order valence-corrected chi connectivity index (χ3v) is 3.90. The molecule has 0 spiro atoms. The van der Waals surface area contributed by atoms with Gasteiger partial charge in [-0.25, -0.2) is 8.42 Å². The normalized spacial score (nSPS) is 11.6. The second-order valence-corrected chi connectivity index (χ2v) is 6.59. The molecule has 0 unspecified atom stereocenters. The quantitative estimate of drug-likeness (QED) is 0.787. The van der Waals surface area contributed by atoms with Crippen molar-refractivity contribution in [1.29, 1.82) is 0 Å². The summed E-state index contributed by atoms with van der Waals surface area (Å²) in [7, 11) is -3.07. The molecule has 0 aliphatic heterocycles. The second kappa shape index (κ2) is 6.27. The highest BCUT2D eigenvalue weighted by Crippen LogP contribution is 2.09. The zero-order valence-electron chi connectivity index (χ0n) is 9.56. The summed E-state index contributed by atoms with van der Waals surface area (Å²) in [5, 5.41) is 3.29. The smallest absolute Gasteiger partial charge is 0.175 e. The van der Waals surface area contributed by atoms with Gasteiger partial charge in [-0.1, -0.05) is 12.1 Å². The SMILES string of the molecule is CSCCNCc1ccc(S(C)(=O)=O)cc1. The van der Waals surface area contributed by atoms with E-state index in [1.54, 1.807) is 23.9 Å². The van der Waals surface area contributed by atoms with Gasteiger partial charge in [-0.3, -0.25) is 0 Å². The molecule has 16 heavy (non-hydrogen) atoms. The lowest BCUT2D eigenvalue weighted by Crippen LogP contribution is -2.16. The fourth-order valence-corrected chi connectivity index (χ4v) is 2.24. The summed E-state index contributed by atoms with van der Waals surface area (Å²) in [6.45, 7) is 1.75. The average molecular weight is 259 g/mol. The topological polar surface area (TPSA) is 46.2 Å². The third-order valence-electron chi connectivity index (χ3n) is 2.16. The van der Waals surface area contributed by atoms with Crippen LogP contribution in [0.3, 0.4) is 0 Å². The molecule has 0 saturated heterocycles. The van der Waals surface area contributed by atoms with Crippen LogP contribution in [0.4, 0.5) is 0 Å². The van der Waals surface area contributed by atoms with Gasteiger partial charge in [-0.15, -0.1) is 0 Å². The van der Waals surface area contributed by atoms with E-state index in [9.17, 15) is 8.42 Å². The van der Waals surface area contributed by atoms with E-state index in [1.165, 1.54) is 6.26 Å². The highest BCUT2D eigenvalue weighted by molar-refractivity contribution is 7.98. The fraction of sp³-hybridized carbons (Fsp3) is 0.455. The molecule has 1 rings (SSSR count). The Morgan fingerprint density at radius 1 is 1.25 bits per heavy atom. The van der Waals surface area contributed by atoms with Crippen molar-refractivity contribution in [3.05, 3.63) is 29.8 Å². The molecule has 5 heteroatoms. The number of nitrogens with one attached hydrogen (secondary N) is 1. The number of benzene rings is 1. The van der Waals surface area contributed by atoms with Crippen molar-refractivity contribution in [2.75, 3.05) is 24.8 Å². The molecule has 3 nitrogen and oxygen atoms in total. The van der Waals surface area contributed by atoms with Gasteiger partial charge in [0.05, 0.1) is 4.90 Å². The highest BCUT2D eigenvalue weighted by atomic mass is 32.2. The van der Waals surface area contributed by atoms with Crippen LogP contribution in [0.25, 0.3) is 0 Å². The minimum absolute atomic E-state index is 0.375. The summed E-state index contributed by atoms with van der Waals surface area (Å²) in [6, 6.07) is 7.01. The van der Waals surface area contributed by atoms with Gasteiger partial charge in [-0.05, 0) is 24.0 Å². The fourth-order valence-electron chi connectivity index (χ4n) is 1.26. The van der Waals surface area contributed by atoms with Crippen LogP contribution in [0.15, 0.2) is 29.2 Å². The van der Waals surface area contributed by atoms with Crippen LogP contribution in [-0.2, 0) is 16.4 Å². The highest BCUT2D eigenvalue weighted by Gasteiger charge is 2.05. The number of rotatable bonds is 6. The van der Waals surface area contributed by atoms with E-state index < -0.39 is 9.84 Å². The summed E-state index contributed by atoms with van der Waals surface area (Å²) in [6.07, 6.45) is 3.29. The Kier molecular flexibility index (Phi) is 5.31. The molecular formula is C11H17NO2S2. The Hall–Kier alpha value is -0.520. The van der Waals surface area contributed by atoms with Crippen LogP contribution in [0.5, 0.6) is 0 Å². The maximum Gasteiger partial charge on any atom is 0.175 e. The van der Waals surface area contributed by atoms with Crippen molar-refractivity contribution in [2.24, 2.45) is 0 Å². The molecule has 0 aromatic heterocycles. The molecule has 0 radical (unpaired) electrons. The summed E-state index contributed by atoms with van der Waals surface area (Å²) in [4.78, 5) is 0.375. The van der Waals surface area contributed by atoms with Crippen LogP contribution in [0.1, 0.15) is 5.56 Å². The van der Waals surface area contributed by atoms with Crippen LogP contribution in [-0.4, -0.2) is 33.2 Å². The Morgan fingerprint density at radius 2 is 1.88 bits per heavy atom. The van der Waals surface area contributed by atoms with Crippen molar-refractivity contribution in [3.8, 4) is 0 Å². The van der Waals surface area contributed by atoms with Gasteiger partial charge in [-0.2, -0.15) is 11.8 Å². The van der Waals surface area contributed by atoms with Crippen molar-refractivity contribution < 1.29 is 8.42 Å². The van der Waals surface area contributed by atoms with E-state index in [0.29, 0.717) is 4.90 Å². The average Bonchev–Trinajstić information content (AvgIpc) is 2.24. The Bertz CT molecular complexity index is 412. The van der Waals surface area contributed by atoms with E-state index in [-0.39, 0.29) is 0 Å². The first-order chi connectivity index (χ1) is 7.54. The van der Waals surface area contributed by atoms with E-state index >= 15 is 0 Å². The molecule has 1 N–H and O–H groups in total. The molecule has 0 amide bonds. The van der Waals surface area contributed by atoms with Crippen molar-refractivity contribution in [2.45, 2.75) is 11.4 Å². The lowest BCUT2D eigenvalue weighted by atomic mass is 10.2. The summed E-state index contributed by atoms with van der Waals surface area (Å²) < 4.78 is 22.5. The number of thioether (sulfide) groups is 1. The largest absolute Gasteiger partial charge is 0.312 e. The van der Waals surface area contributed by atoms with Gasteiger partial charge in [0.1, 0.15) is 0 Å². The van der Waals surface area contributed by atoms with Gasteiger partial charge in [0, 0.05) is 25.1 Å². The van der Waals surface area contributed by atoms with Gasteiger partial charge < -0.3 is 5.32 Å². The summed E-state index contributed by atoms with van der Waals surface area (Å²) in [5.41, 5.74) is 1.11. The van der Waals surface area contributed by atoms with Crippen molar-refractivity contribution >= 4 is 21.6 Å². The first-order valence-corrected chi connectivity index (χ1v) is 8.31. The van der Waals surface area contributed by atoms with Gasteiger partial charge in [0.25, 0.3) is 0 Å². The predicted octanol–water partition coefficient (Wildman–Crippen LogP) is 1.54. The minimum atomic E-state index is -3.07. The molecule has 0 heterocycles. The molecule has 1 aromatic rings. The van der Waals surface area contributed by atoms with Crippen LogP contribution >= 0.6 is 11.8 Å². The zero-order valence-corrected chi connectivity index (χ0v) is 11.2.